The number of carboxylic acids is 1. The van der Waals surface area contributed by atoms with Gasteiger partial charge in [-0.15, -0.1) is 0 Å². The molecule has 1 aromatic rings. The molecule has 1 aromatic heterocycles. The summed E-state index contributed by atoms with van der Waals surface area (Å²) in [4.78, 5) is 27.8. The molecule has 0 radical (unpaired) electrons. The van der Waals surface area contributed by atoms with E-state index in [0.29, 0.717) is 0 Å². The number of carbonyl (C=O) groups excluding carboxylic acids is 1. The van der Waals surface area contributed by atoms with Crippen molar-refractivity contribution in [3.05, 3.63) is 42.2 Å². The molecule has 2 bridgehead atoms. The second-order valence-electron chi connectivity index (χ2n) is 5.70. The molecule has 110 valence electrons. The molecule has 0 aromatic carbocycles. The van der Waals surface area contributed by atoms with Crippen LogP contribution in [0.5, 0.6) is 0 Å². The van der Waals surface area contributed by atoms with Crippen LogP contribution in [0.2, 0.25) is 0 Å². The van der Waals surface area contributed by atoms with Gasteiger partial charge in [0.25, 0.3) is 0 Å². The molecular formula is C16H17NO4. The quantitative estimate of drug-likeness (QED) is 0.678. The zero-order chi connectivity index (χ0) is 15.0. The molecule has 2 aliphatic rings. The fourth-order valence-electron chi connectivity index (χ4n) is 3.42. The number of rotatable bonds is 4. The van der Waals surface area contributed by atoms with Crippen LogP contribution < -0.4 is 0 Å². The van der Waals surface area contributed by atoms with Gasteiger partial charge in [0, 0.05) is 18.0 Å². The Kier molecular flexibility index (Phi) is 3.49. The van der Waals surface area contributed by atoms with Crippen molar-refractivity contribution in [1.82, 2.24) is 4.98 Å². The minimum Gasteiger partial charge on any atom is -0.481 e. The second-order valence-corrected chi connectivity index (χ2v) is 5.70. The van der Waals surface area contributed by atoms with E-state index in [4.69, 9.17) is 4.74 Å². The summed E-state index contributed by atoms with van der Waals surface area (Å²) in [7, 11) is 0. The fraction of sp³-hybridized carbons (Fsp3) is 0.438. The lowest BCUT2D eigenvalue weighted by atomic mass is 9.83. The Bertz CT molecular complexity index is 583. The summed E-state index contributed by atoms with van der Waals surface area (Å²) in [5.41, 5.74) is 0.802. The number of ether oxygens (including phenoxy) is 1. The molecule has 21 heavy (non-hydrogen) atoms. The van der Waals surface area contributed by atoms with Crippen molar-refractivity contribution in [3.63, 3.8) is 0 Å². The predicted molar refractivity (Wildman–Crippen MR) is 74.1 cm³/mol. The van der Waals surface area contributed by atoms with Crippen LogP contribution in [0.3, 0.4) is 0 Å². The molecule has 1 saturated carbocycles. The van der Waals surface area contributed by atoms with E-state index in [-0.39, 0.29) is 11.8 Å². The lowest BCUT2D eigenvalue weighted by molar-refractivity contribution is -0.162. The third kappa shape index (κ3) is 2.44. The van der Waals surface area contributed by atoms with Gasteiger partial charge in [0.05, 0.1) is 11.8 Å². The SMILES string of the molecule is CC(OC(=O)C1C2C=CC(C2)C1C(=O)O)c1cccnc1. The third-order valence-electron chi connectivity index (χ3n) is 4.46. The first-order valence-electron chi connectivity index (χ1n) is 7.09. The minimum atomic E-state index is -0.914. The summed E-state index contributed by atoms with van der Waals surface area (Å²) in [6, 6.07) is 3.61. The van der Waals surface area contributed by atoms with Crippen LogP contribution in [-0.4, -0.2) is 22.0 Å². The van der Waals surface area contributed by atoms with Crippen molar-refractivity contribution >= 4 is 11.9 Å². The fourth-order valence-corrected chi connectivity index (χ4v) is 3.42. The number of esters is 1. The van der Waals surface area contributed by atoms with E-state index < -0.39 is 29.9 Å². The minimum absolute atomic E-state index is 0.00954. The number of hydrogen-bond acceptors (Lipinski definition) is 4. The summed E-state index contributed by atoms with van der Waals surface area (Å²) in [6.07, 6.45) is 7.47. The molecule has 5 nitrogen and oxygen atoms in total. The maximum atomic E-state index is 12.4. The molecule has 0 spiro atoms. The van der Waals surface area contributed by atoms with Gasteiger partial charge in [-0.2, -0.15) is 0 Å². The molecular weight excluding hydrogens is 270 g/mol. The average molecular weight is 287 g/mol. The Morgan fingerprint density at radius 3 is 2.67 bits per heavy atom. The Balaban J connectivity index is 1.73. The van der Waals surface area contributed by atoms with Crippen molar-refractivity contribution in [2.45, 2.75) is 19.4 Å². The highest BCUT2D eigenvalue weighted by Crippen LogP contribution is 2.48. The van der Waals surface area contributed by atoms with Crippen LogP contribution in [0, 0.1) is 23.7 Å². The van der Waals surface area contributed by atoms with Gasteiger partial charge in [-0.05, 0) is 31.2 Å². The topological polar surface area (TPSA) is 76.5 Å². The summed E-state index contributed by atoms with van der Waals surface area (Å²) >= 11 is 0. The first-order chi connectivity index (χ1) is 10.1. The zero-order valence-electron chi connectivity index (χ0n) is 11.7. The Labute approximate surface area is 122 Å². The van der Waals surface area contributed by atoms with Gasteiger partial charge in [0.15, 0.2) is 0 Å². The third-order valence-corrected chi connectivity index (χ3v) is 4.46. The number of allylic oxidation sites excluding steroid dienone is 2. The van der Waals surface area contributed by atoms with Crippen molar-refractivity contribution in [2.75, 3.05) is 0 Å². The van der Waals surface area contributed by atoms with Crippen LogP contribution in [0.1, 0.15) is 25.0 Å². The number of aliphatic carboxylic acids is 1. The van der Waals surface area contributed by atoms with Gasteiger partial charge in [-0.25, -0.2) is 0 Å². The van der Waals surface area contributed by atoms with Crippen LogP contribution >= 0.6 is 0 Å². The number of pyridine rings is 1. The normalized spacial score (nSPS) is 31.1. The largest absolute Gasteiger partial charge is 0.481 e. The molecule has 1 fully saturated rings. The predicted octanol–water partition coefficient (Wildman–Crippen LogP) is 2.21. The number of nitrogens with zero attached hydrogens (tertiary/aromatic N) is 1. The van der Waals surface area contributed by atoms with E-state index >= 15 is 0 Å². The van der Waals surface area contributed by atoms with Crippen molar-refractivity contribution in [3.8, 4) is 0 Å². The van der Waals surface area contributed by atoms with Crippen LogP contribution in [0.4, 0.5) is 0 Å². The molecule has 0 aliphatic heterocycles. The number of hydrogen-bond donors (Lipinski definition) is 1. The highest BCUT2D eigenvalue weighted by molar-refractivity contribution is 5.83. The van der Waals surface area contributed by atoms with Gasteiger partial charge < -0.3 is 9.84 Å². The lowest BCUT2D eigenvalue weighted by Crippen LogP contribution is -2.34. The van der Waals surface area contributed by atoms with Crippen LogP contribution in [0.25, 0.3) is 0 Å². The van der Waals surface area contributed by atoms with E-state index in [9.17, 15) is 14.7 Å². The summed E-state index contributed by atoms with van der Waals surface area (Å²) in [5, 5.41) is 9.35. The Morgan fingerprint density at radius 2 is 2.05 bits per heavy atom. The van der Waals surface area contributed by atoms with Gasteiger partial charge in [0.1, 0.15) is 6.10 Å². The van der Waals surface area contributed by atoms with Crippen LogP contribution in [0.15, 0.2) is 36.7 Å². The highest BCUT2D eigenvalue weighted by atomic mass is 16.5. The summed E-state index contributed by atoms with van der Waals surface area (Å²) < 4.78 is 5.48. The number of carbonyl (C=O) groups is 2. The molecule has 1 N–H and O–H groups in total. The second kappa shape index (κ2) is 5.31. The molecule has 3 rings (SSSR count). The van der Waals surface area contributed by atoms with Gasteiger partial charge in [-0.3, -0.25) is 14.6 Å². The molecule has 1 heterocycles. The average Bonchev–Trinajstić information content (AvgIpc) is 3.08. The maximum absolute atomic E-state index is 12.4. The zero-order valence-corrected chi connectivity index (χ0v) is 11.7. The first kappa shape index (κ1) is 13.8. The molecule has 0 amide bonds. The molecule has 0 saturated heterocycles. The van der Waals surface area contributed by atoms with Crippen molar-refractivity contribution in [2.24, 2.45) is 23.7 Å². The van der Waals surface area contributed by atoms with Crippen molar-refractivity contribution in [1.29, 1.82) is 0 Å². The summed E-state index contributed by atoms with van der Waals surface area (Å²) in [5.74, 6) is -2.62. The van der Waals surface area contributed by atoms with E-state index in [1.54, 1.807) is 25.4 Å². The Hall–Kier alpha value is -2.17. The van der Waals surface area contributed by atoms with Gasteiger partial charge in [-0.1, -0.05) is 18.2 Å². The van der Waals surface area contributed by atoms with E-state index in [0.717, 1.165) is 12.0 Å². The van der Waals surface area contributed by atoms with E-state index in [1.807, 2.05) is 18.2 Å². The van der Waals surface area contributed by atoms with Crippen LogP contribution in [-0.2, 0) is 14.3 Å². The number of aromatic nitrogens is 1. The number of carboxylic acid groups (broad SMARTS) is 1. The Morgan fingerprint density at radius 1 is 1.33 bits per heavy atom. The van der Waals surface area contributed by atoms with Gasteiger partial charge >= 0.3 is 11.9 Å². The van der Waals surface area contributed by atoms with E-state index in [2.05, 4.69) is 4.98 Å². The first-order valence-corrected chi connectivity index (χ1v) is 7.09. The molecule has 5 heteroatoms. The summed E-state index contributed by atoms with van der Waals surface area (Å²) in [6.45, 7) is 1.77. The molecule has 2 aliphatic carbocycles. The molecule has 5 unspecified atom stereocenters. The van der Waals surface area contributed by atoms with Gasteiger partial charge in [0.2, 0.25) is 0 Å². The monoisotopic (exact) mass is 287 g/mol. The molecule has 5 atom stereocenters. The van der Waals surface area contributed by atoms with Crippen molar-refractivity contribution < 1.29 is 19.4 Å². The standard InChI is InChI=1S/C16H17NO4/c1-9(12-3-2-6-17-8-12)21-16(20)14-11-5-4-10(7-11)13(14)15(18)19/h2-6,8-11,13-14H,7H2,1H3,(H,18,19). The van der Waals surface area contributed by atoms with E-state index in [1.165, 1.54) is 0 Å². The lowest BCUT2D eigenvalue weighted by Gasteiger charge is -2.24. The highest BCUT2D eigenvalue weighted by Gasteiger charge is 2.52. The smallest absolute Gasteiger partial charge is 0.311 e. The number of fused-ring (bicyclic) bond motifs is 2. The maximum Gasteiger partial charge on any atom is 0.311 e.